The molecule has 0 unspecified atom stereocenters. The highest BCUT2D eigenvalue weighted by Crippen LogP contribution is 2.39. The first-order chi connectivity index (χ1) is 14.9. The summed E-state index contributed by atoms with van der Waals surface area (Å²) < 4.78 is 6.24. The second kappa shape index (κ2) is 7.28. The molecule has 2 heterocycles. The maximum Gasteiger partial charge on any atom is 0.139 e. The number of rotatable bonds is 2. The molecular formula is C28H25NOS. The molecule has 0 fully saturated rings. The van der Waals surface area contributed by atoms with Crippen LogP contribution in [0.5, 0.6) is 0 Å². The average Bonchev–Trinajstić information content (AvgIpc) is 3.15. The lowest BCUT2D eigenvalue weighted by Gasteiger charge is -2.22. The molecule has 0 amide bonds. The van der Waals surface area contributed by atoms with Crippen molar-refractivity contribution < 1.29 is 4.42 Å². The van der Waals surface area contributed by atoms with Gasteiger partial charge in [-0.3, -0.25) is 4.98 Å². The van der Waals surface area contributed by atoms with Crippen LogP contribution in [0.25, 0.3) is 49.5 Å². The fraction of sp³-hybridized carbons (Fsp3) is 0.179. The molecule has 2 nitrogen and oxygen atoms in total. The molecule has 0 spiro atoms. The molecule has 3 aromatic carbocycles. The van der Waals surface area contributed by atoms with E-state index in [0.717, 1.165) is 44.3 Å². The van der Waals surface area contributed by atoms with Gasteiger partial charge in [0.15, 0.2) is 0 Å². The van der Waals surface area contributed by atoms with Crippen LogP contribution in [-0.4, -0.2) is 4.98 Å². The summed E-state index contributed by atoms with van der Waals surface area (Å²) in [6, 6.07) is 21.4. The minimum Gasteiger partial charge on any atom is -0.456 e. The molecule has 5 rings (SSSR count). The van der Waals surface area contributed by atoms with Crippen LogP contribution in [0.2, 0.25) is 0 Å². The molecule has 0 radical (unpaired) electrons. The van der Waals surface area contributed by atoms with Gasteiger partial charge >= 0.3 is 0 Å². The number of benzene rings is 3. The first kappa shape index (κ1) is 19.9. The Morgan fingerprint density at radius 3 is 2.52 bits per heavy atom. The molecule has 3 heteroatoms. The first-order valence-electron chi connectivity index (χ1n) is 10.5. The van der Waals surface area contributed by atoms with Crippen molar-refractivity contribution >= 4 is 50.9 Å². The number of aromatic nitrogens is 1. The zero-order chi connectivity index (χ0) is 21.8. The van der Waals surface area contributed by atoms with Gasteiger partial charge in [0.05, 0.1) is 11.1 Å². The normalized spacial score (nSPS) is 12.9. The molecule has 0 bridgehead atoms. The van der Waals surface area contributed by atoms with Crippen LogP contribution in [0.3, 0.4) is 0 Å². The topological polar surface area (TPSA) is 26.0 Å². The van der Waals surface area contributed by atoms with Gasteiger partial charge in [0.1, 0.15) is 11.2 Å². The Morgan fingerprint density at radius 1 is 0.935 bits per heavy atom. The van der Waals surface area contributed by atoms with Crippen molar-refractivity contribution in [2.24, 2.45) is 0 Å². The average molecular weight is 424 g/mol. The van der Waals surface area contributed by atoms with Gasteiger partial charge < -0.3 is 4.42 Å². The zero-order valence-corrected chi connectivity index (χ0v) is 19.1. The molecule has 5 aromatic rings. The number of thiol groups is 1. The van der Waals surface area contributed by atoms with Gasteiger partial charge in [-0.2, -0.15) is 12.6 Å². The quantitative estimate of drug-likeness (QED) is 0.288. The number of allylic oxidation sites excluding steroid dienone is 1. The van der Waals surface area contributed by atoms with E-state index in [-0.39, 0.29) is 5.41 Å². The predicted molar refractivity (Wildman–Crippen MR) is 136 cm³/mol. The number of pyridine rings is 1. The number of fused-ring (bicyclic) bond motifs is 4. The molecule has 0 aliphatic heterocycles. The van der Waals surface area contributed by atoms with Crippen molar-refractivity contribution in [3.63, 3.8) is 0 Å². The molecule has 0 N–H and O–H groups in total. The van der Waals surface area contributed by atoms with Crippen LogP contribution >= 0.6 is 12.6 Å². The van der Waals surface area contributed by atoms with E-state index < -0.39 is 0 Å². The second-order valence-corrected chi connectivity index (χ2v) is 9.41. The highest BCUT2D eigenvalue weighted by Gasteiger charge is 2.20. The van der Waals surface area contributed by atoms with E-state index in [1.807, 2.05) is 24.6 Å². The van der Waals surface area contributed by atoms with E-state index in [1.165, 1.54) is 16.3 Å². The minimum absolute atomic E-state index is 0.0214. The lowest BCUT2D eigenvalue weighted by atomic mass is 9.82. The fourth-order valence-electron chi connectivity index (χ4n) is 4.33. The summed E-state index contributed by atoms with van der Waals surface area (Å²) in [5.41, 5.74) is 7.36. The Balaban J connectivity index is 1.82. The predicted octanol–water partition coefficient (Wildman–Crippen LogP) is 8.39. The van der Waals surface area contributed by atoms with Crippen LogP contribution < -0.4 is 0 Å². The fourth-order valence-corrected chi connectivity index (χ4v) is 4.48. The van der Waals surface area contributed by atoms with Gasteiger partial charge in [-0.1, -0.05) is 51.1 Å². The summed E-state index contributed by atoms with van der Waals surface area (Å²) in [5.74, 6) is 0. The molecule has 0 aliphatic carbocycles. The minimum atomic E-state index is 0.0214. The van der Waals surface area contributed by atoms with Gasteiger partial charge in [0.25, 0.3) is 0 Å². The van der Waals surface area contributed by atoms with Crippen molar-refractivity contribution in [2.75, 3.05) is 0 Å². The van der Waals surface area contributed by atoms with Gasteiger partial charge in [-0.15, -0.1) is 0 Å². The van der Waals surface area contributed by atoms with Gasteiger partial charge in [-0.05, 0) is 75.6 Å². The SMILES string of the molecule is C/C(=C/S)c1ccc2c(c1)oc1ccnc(-c3cc(C(C)(C)C)c4ccccc4c3)c12. The van der Waals surface area contributed by atoms with E-state index in [2.05, 4.69) is 88.0 Å². The largest absolute Gasteiger partial charge is 0.456 e. The van der Waals surface area contributed by atoms with Crippen LogP contribution in [0, 0.1) is 0 Å². The Hall–Kier alpha value is -3.04. The zero-order valence-electron chi connectivity index (χ0n) is 18.2. The Labute approximate surface area is 188 Å². The molecule has 0 atom stereocenters. The third kappa shape index (κ3) is 3.34. The van der Waals surface area contributed by atoms with E-state index in [0.29, 0.717) is 0 Å². The summed E-state index contributed by atoms with van der Waals surface area (Å²) in [6.07, 6.45) is 1.84. The molecular weight excluding hydrogens is 398 g/mol. The van der Waals surface area contributed by atoms with E-state index in [9.17, 15) is 0 Å². The van der Waals surface area contributed by atoms with Gasteiger partial charge in [0, 0.05) is 17.1 Å². The van der Waals surface area contributed by atoms with E-state index in [1.54, 1.807) is 0 Å². The van der Waals surface area contributed by atoms with Crippen LogP contribution in [-0.2, 0) is 5.41 Å². The van der Waals surface area contributed by atoms with Crippen LogP contribution in [0.4, 0.5) is 0 Å². The maximum atomic E-state index is 6.24. The van der Waals surface area contributed by atoms with Crippen molar-refractivity contribution in [1.29, 1.82) is 0 Å². The lowest BCUT2D eigenvalue weighted by Crippen LogP contribution is -2.12. The third-order valence-corrected chi connectivity index (χ3v) is 6.36. The highest BCUT2D eigenvalue weighted by molar-refractivity contribution is 7.83. The summed E-state index contributed by atoms with van der Waals surface area (Å²) in [4.78, 5) is 4.82. The van der Waals surface area contributed by atoms with Crippen molar-refractivity contribution in [3.8, 4) is 11.3 Å². The number of furan rings is 1. The molecule has 0 aliphatic rings. The number of nitrogens with zero attached hydrogens (tertiary/aromatic N) is 1. The maximum absolute atomic E-state index is 6.24. The van der Waals surface area contributed by atoms with Crippen molar-refractivity contribution in [3.05, 3.63) is 83.4 Å². The summed E-state index contributed by atoms with van der Waals surface area (Å²) in [5, 5.41) is 6.49. The number of hydrogen-bond acceptors (Lipinski definition) is 3. The summed E-state index contributed by atoms with van der Waals surface area (Å²) >= 11 is 4.29. The van der Waals surface area contributed by atoms with Crippen molar-refractivity contribution in [2.45, 2.75) is 33.1 Å². The molecule has 31 heavy (non-hydrogen) atoms. The Morgan fingerprint density at radius 2 is 1.74 bits per heavy atom. The Kier molecular flexibility index (Phi) is 4.67. The lowest BCUT2D eigenvalue weighted by molar-refractivity contribution is 0.596. The Bertz CT molecular complexity index is 1480. The van der Waals surface area contributed by atoms with Gasteiger partial charge in [-0.25, -0.2) is 0 Å². The second-order valence-electron chi connectivity index (χ2n) is 9.15. The number of hydrogen-bond donors (Lipinski definition) is 1. The molecule has 0 saturated heterocycles. The molecule has 0 saturated carbocycles. The van der Waals surface area contributed by atoms with Gasteiger partial charge in [0.2, 0.25) is 0 Å². The third-order valence-electron chi connectivity index (χ3n) is 5.98. The van der Waals surface area contributed by atoms with Crippen LogP contribution in [0.1, 0.15) is 38.8 Å². The molecule has 2 aromatic heterocycles. The summed E-state index contributed by atoms with van der Waals surface area (Å²) in [6.45, 7) is 8.84. The summed E-state index contributed by atoms with van der Waals surface area (Å²) in [7, 11) is 0. The standard InChI is InChI=1S/C28H25NOS/c1-17(16-31)18-9-10-22-25(15-18)30-24-11-12-29-27(26(22)24)20-13-19-7-5-6-8-21(19)23(14-20)28(2,3)4/h5-16,31H,1-4H3/b17-16-. The smallest absolute Gasteiger partial charge is 0.139 e. The monoisotopic (exact) mass is 423 g/mol. The van der Waals surface area contributed by atoms with E-state index >= 15 is 0 Å². The van der Waals surface area contributed by atoms with E-state index in [4.69, 9.17) is 9.40 Å². The van der Waals surface area contributed by atoms with Crippen LogP contribution in [0.15, 0.2) is 76.7 Å². The first-order valence-corrected chi connectivity index (χ1v) is 11.0. The molecule has 154 valence electrons. The van der Waals surface area contributed by atoms with Crippen molar-refractivity contribution in [1.82, 2.24) is 4.98 Å². The highest BCUT2D eigenvalue weighted by atomic mass is 32.1.